The lowest BCUT2D eigenvalue weighted by atomic mass is 10.0. The van der Waals surface area contributed by atoms with Gasteiger partial charge in [-0.3, -0.25) is 9.97 Å². The molecule has 4 nitrogen and oxygen atoms in total. The molecule has 130 valence electrons. The van der Waals surface area contributed by atoms with Crippen LogP contribution in [0.3, 0.4) is 0 Å². The highest BCUT2D eigenvalue weighted by molar-refractivity contribution is 5.88. The van der Waals surface area contributed by atoms with Crippen LogP contribution in [0.1, 0.15) is 19.5 Å². The zero-order chi connectivity index (χ0) is 18.1. The number of benzene rings is 1. The summed E-state index contributed by atoms with van der Waals surface area (Å²) < 4.78 is 2.03. The van der Waals surface area contributed by atoms with Crippen LogP contribution in [-0.2, 0) is 13.5 Å². The van der Waals surface area contributed by atoms with Gasteiger partial charge >= 0.3 is 0 Å². The smallest absolute Gasteiger partial charge is 0.0948 e. The molecule has 0 unspecified atom stereocenters. The maximum atomic E-state index is 4.66. The summed E-state index contributed by atoms with van der Waals surface area (Å²) in [6.07, 6.45) is 8.52. The number of rotatable bonds is 4. The Morgan fingerprint density at radius 1 is 0.923 bits per heavy atom. The number of fused-ring (bicyclic) bond motifs is 1. The third-order valence-electron chi connectivity index (χ3n) is 4.56. The van der Waals surface area contributed by atoms with Gasteiger partial charge in [0.25, 0.3) is 0 Å². The Hall–Kier alpha value is -3.01. The van der Waals surface area contributed by atoms with E-state index < -0.39 is 0 Å². The van der Waals surface area contributed by atoms with Crippen LogP contribution >= 0.6 is 0 Å². The van der Waals surface area contributed by atoms with Crippen molar-refractivity contribution in [2.45, 2.75) is 20.3 Å². The van der Waals surface area contributed by atoms with E-state index in [4.69, 9.17) is 0 Å². The van der Waals surface area contributed by atoms with E-state index in [9.17, 15) is 0 Å². The lowest BCUT2D eigenvalue weighted by Gasteiger charge is -2.08. The minimum absolute atomic E-state index is 0.587. The van der Waals surface area contributed by atoms with E-state index >= 15 is 0 Å². The summed E-state index contributed by atoms with van der Waals surface area (Å²) in [6.45, 7) is 4.42. The maximum absolute atomic E-state index is 4.66. The lowest BCUT2D eigenvalue weighted by Crippen LogP contribution is -1.97. The van der Waals surface area contributed by atoms with E-state index in [0.29, 0.717) is 5.92 Å². The number of aryl methyl sites for hydroxylation is 1. The number of pyridine rings is 2. The zero-order valence-electron chi connectivity index (χ0n) is 15.3. The fraction of sp³-hybridized carbons (Fsp3) is 0.227. The maximum Gasteiger partial charge on any atom is 0.0948 e. The molecule has 0 spiro atoms. The van der Waals surface area contributed by atoms with Gasteiger partial charge in [-0.05, 0) is 42.0 Å². The van der Waals surface area contributed by atoms with Crippen LogP contribution < -0.4 is 0 Å². The first kappa shape index (κ1) is 16.5. The molecule has 3 aromatic heterocycles. The first-order valence-electron chi connectivity index (χ1n) is 8.92. The summed E-state index contributed by atoms with van der Waals surface area (Å²) in [4.78, 5) is 13.4. The largest absolute Gasteiger partial charge is 0.334 e. The van der Waals surface area contributed by atoms with Crippen molar-refractivity contribution in [3.8, 4) is 22.5 Å². The van der Waals surface area contributed by atoms with Gasteiger partial charge in [-0.2, -0.15) is 0 Å². The standard InChI is InChI=1S/C22H22N4/c1-15(2)8-20-10-16(6-7-24-20)21-11-19-9-17(4-5-18(19)12-25-21)22-13-23-14-26(22)3/h4-7,9-15H,8H2,1-3H3. The number of imidazole rings is 1. The highest BCUT2D eigenvalue weighted by Crippen LogP contribution is 2.27. The Balaban J connectivity index is 1.76. The van der Waals surface area contributed by atoms with Crippen molar-refractivity contribution in [2.24, 2.45) is 13.0 Å². The molecule has 0 bridgehead atoms. The minimum atomic E-state index is 0.587. The van der Waals surface area contributed by atoms with Crippen molar-refractivity contribution in [1.29, 1.82) is 0 Å². The summed E-state index contributed by atoms with van der Waals surface area (Å²) in [5.41, 5.74) is 5.47. The Morgan fingerprint density at radius 2 is 1.81 bits per heavy atom. The molecule has 0 aliphatic carbocycles. The van der Waals surface area contributed by atoms with Gasteiger partial charge in [0.05, 0.1) is 23.9 Å². The van der Waals surface area contributed by atoms with E-state index in [1.54, 1.807) is 0 Å². The Morgan fingerprint density at radius 3 is 2.58 bits per heavy atom. The molecular weight excluding hydrogens is 320 g/mol. The van der Waals surface area contributed by atoms with Gasteiger partial charge in [-0.15, -0.1) is 0 Å². The molecule has 0 saturated carbocycles. The van der Waals surface area contributed by atoms with Crippen molar-refractivity contribution in [3.05, 3.63) is 67.0 Å². The van der Waals surface area contributed by atoms with Crippen molar-refractivity contribution in [1.82, 2.24) is 19.5 Å². The third kappa shape index (κ3) is 3.23. The van der Waals surface area contributed by atoms with Crippen molar-refractivity contribution in [3.63, 3.8) is 0 Å². The topological polar surface area (TPSA) is 43.6 Å². The Kier molecular flexibility index (Phi) is 4.25. The third-order valence-corrected chi connectivity index (χ3v) is 4.56. The van der Waals surface area contributed by atoms with Gasteiger partial charge in [0.2, 0.25) is 0 Å². The van der Waals surface area contributed by atoms with Crippen LogP contribution in [0.4, 0.5) is 0 Å². The summed E-state index contributed by atoms with van der Waals surface area (Å²) in [7, 11) is 2.01. The summed E-state index contributed by atoms with van der Waals surface area (Å²) >= 11 is 0. The number of nitrogens with zero attached hydrogens (tertiary/aromatic N) is 4. The fourth-order valence-electron chi connectivity index (χ4n) is 3.26. The summed E-state index contributed by atoms with van der Waals surface area (Å²) in [5.74, 6) is 0.587. The molecule has 26 heavy (non-hydrogen) atoms. The normalized spacial score (nSPS) is 11.4. The molecule has 3 heterocycles. The lowest BCUT2D eigenvalue weighted by molar-refractivity contribution is 0.635. The first-order valence-corrected chi connectivity index (χ1v) is 8.92. The average Bonchev–Trinajstić information content (AvgIpc) is 3.06. The van der Waals surface area contributed by atoms with Crippen LogP contribution in [-0.4, -0.2) is 19.5 Å². The number of aromatic nitrogens is 4. The van der Waals surface area contributed by atoms with Crippen LogP contribution in [0.25, 0.3) is 33.3 Å². The summed E-state index contributed by atoms with van der Waals surface area (Å²) in [5, 5.41) is 2.31. The highest BCUT2D eigenvalue weighted by Gasteiger charge is 2.07. The van der Waals surface area contributed by atoms with E-state index in [-0.39, 0.29) is 0 Å². The van der Waals surface area contributed by atoms with Gasteiger partial charge < -0.3 is 4.57 Å². The molecule has 0 radical (unpaired) electrons. The van der Waals surface area contributed by atoms with Crippen LogP contribution in [0.15, 0.2) is 61.3 Å². The molecule has 0 aliphatic heterocycles. The average molecular weight is 342 g/mol. The van der Waals surface area contributed by atoms with Gasteiger partial charge in [0.1, 0.15) is 0 Å². The highest BCUT2D eigenvalue weighted by atomic mass is 15.0. The van der Waals surface area contributed by atoms with Gasteiger partial charge in [0.15, 0.2) is 0 Å². The van der Waals surface area contributed by atoms with Gasteiger partial charge in [-0.1, -0.05) is 26.0 Å². The van der Waals surface area contributed by atoms with E-state index in [1.807, 2.05) is 42.6 Å². The van der Waals surface area contributed by atoms with E-state index in [2.05, 4.69) is 59.1 Å². The minimum Gasteiger partial charge on any atom is -0.334 e. The molecular formula is C22H22N4. The molecule has 0 atom stereocenters. The van der Waals surface area contributed by atoms with Crippen LogP contribution in [0.5, 0.6) is 0 Å². The molecule has 4 heteroatoms. The fourth-order valence-corrected chi connectivity index (χ4v) is 3.26. The Labute approximate surface area is 153 Å². The molecule has 0 saturated heterocycles. The van der Waals surface area contributed by atoms with Crippen molar-refractivity contribution in [2.75, 3.05) is 0 Å². The molecule has 0 amide bonds. The van der Waals surface area contributed by atoms with E-state index in [1.165, 1.54) is 5.39 Å². The van der Waals surface area contributed by atoms with Gasteiger partial charge in [0, 0.05) is 41.6 Å². The van der Waals surface area contributed by atoms with E-state index in [0.717, 1.165) is 40.0 Å². The molecule has 0 N–H and O–H groups in total. The number of hydrogen-bond donors (Lipinski definition) is 0. The molecule has 4 rings (SSSR count). The predicted octanol–water partition coefficient (Wildman–Crippen LogP) is 4.90. The number of hydrogen-bond acceptors (Lipinski definition) is 3. The second kappa shape index (κ2) is 6.71. The zero-order valence-corrected chi connectivity index (χ0v) is 15.3. The van der Waals surface area contributed by atoms with Crippen molar-refractivity contribution < 1.29 is 0 Å². The second-order valence-electron chi connectivity index (χ2n) is 7.16. The monoisotopic (exact) mass is 342 g/mol. The molecule has 0 fully saturated rings. The van der Waals surface area contributed by atoms with Crippen LogP contribution in [0.2, 0.25) is 0 Å². The molecule has 1 aromatic carbocycles. The quantitative estimate of drug-likeness (QED) is 0.530. The van der Waals surface area contributed by atoms with Gasteiger partial charge in [-0.25, -0.2) is 4.98 Å². The summed E-state index contributed by atoms with van der Waals surface area (Å²) in [6, 6.07) is 12.8. The van der Waals surface area contributed by atoms with Crippen LogP contribution in [0, 0.1) is 5.92 Å². The SMILES string of the molecule is CC(C)Cc1cc(-c2cc3cc(-c4cncn4C)ccc3cn2)ccn1. The first-order chi connectivity index (χ1) is 12.6. The Bertz CT molecular complexity index is 1060. The van der Waals surface area contributed by atoms with Crippen molar-refractivity contribution >= 4 is 10.8 Å². The molecule has 4 aromatic rings. The molecule has 0 aliphatic rings. The second-order valence-corrected chi connectivity index (χ2v) is 7.16. The predicted molar refractivity (Wildman–Crippen MR) is 106 cm³/mol.